The molecular formula is C15H23Cl2N3O2. The van der Waals surface area contributed by atoms with Crippen LogP contribution in [0.25, 0.3) is 0 Å². The maximum atomic E-state index is 12.1. The molecule has 0 unspecified atom stereocenters. The largest absolute Gasteiger partial charge is 0.491 e. The first-order valence-corrected chi connectivity index (χ1v) is 7.59. The molecule has 0 bridgehead atoms. The van der Waals surface area contributed by atoms with Gasteiger partial charge in [-0.05, 0) is 19.2 Å². The Morgan fingerprint density at radius 2 is 2.05 bits per heavy atom. The molecule has 1 fully saturated rings. The van der Waals surface area contributed by atoms with Gasteiger partial charge in [-0.15, -0.1) is 12.4 Å². The van der Waals surface area contributed by atoms with E-state index in [1.54, 1.807) is 6.07 Å². The van der Waals surface area contributed by atoms with Gasteiger partial charge in [-0.2, -0.15) is 0 Å². The molecule has 1 aromatic rings. The highest BCUT2D eigenvalue weighted by Crippen LogP contribution is 2.22. The zero-order chi connectivity index (χ0) is 15.1. The molecular weight excluding hydrogens is 325 g/mol. The number of carbonyl (C=O) groups excluding carboxylic acids is 1. The number of nitrogens with zero attached hydrogens (tertiary/aromatic N) is 2. The van der Waals surface area contributed by atoms with Gasteiger partial charge in [-0.1, -0.05) is 23.7 Å². The van der Waals surface area contributed by atoms with Crippen LogP contribution in [-0.4, -0.2) is 68.6 Å². The maximum absolute atomic E-state index is 12.1. The van der Waals surface area contributed by atoms with E-state index in [1.165, 1.54) is 0 Å². The number of rotatable bonds is 6. The molecule has 0 saturated carbocycles. The van der Waals surface area contributed by atoms with Crippen molar-refractivity contribution in [3.63, 3.8) is 0 Å². The van der Waals surface area contributed by atoms with E-state index in [-0.39, 0.29) is 18.3 Å². The summed E-state index contributed by atoms with van der Waals surface area (Å²) in [6.45, 7) is 4.96. The summed E-state index contributed by atoms with van der Waals surface area (Å²) in [5, 5.41) is 3.85. The standard InChI is InChI=1S/C15H22ClN3O2.ClH/c1-18(12-15(20)19-8-6-17-7-9-19)10-11-21-14-5-3-2-4-13(14)16;/h2-5,17H,6-12H2,1H3;1H. The van der Waals surface area contributed by atoms with Crippen LogP contribution >= 0.6 is 24.0 Å². The third kappa shape index (κ3) is 6.01. The number of hydrogen-bond acceptors (Lipinski definition) is 4. The second-order valence-corrected chi connectivity index (χ2v) is 5.55. The van der Waals surface area contributed by atoms with E-state index in [2.05, 4.69) is 5.32 Å². The molecule has 0 atom stereocenters. The first kappa shape index (κ1) is 19.0. The van der Waals surface area contributed by atoms with Crippen LogP contribution in [0.15, 0.2) is 24.3 Å². The lowest BCUT2D eigenvalue weighted by Gasteiger charge is -2.29. The first-order chi connectivity index (χ1) is 10.2. The molecule has 1 aromatic carbocycles. The number of hydrogen-bond donors (Lipinski definition) is 1. The Labute approximate surface area is 143 Å². The molecule has 22 heavy (non-hydrogen) atoms. The maximum Gasteiger partial charge on any atom is 0.236 e. The molecule has 1 heterocycles. The minimum absolute atomic E-state index is 0. The van der Waals surface area contributed by atoms with Crippen molar-refractivity contribution in [2.24, 2.45) is 0 Å². The number of para-hydroxylation sites is 1. The zero-order valence-electron chi connectivity index (χ0n) is 12.8. The van der Waals surface area contributed by atoms with Crippen LogP contribution in [0.2, 0.25) is 5.02 Å². The smallest absolute Gasteiger partial charge is 0.236 e. The van der Waals surface area contributed by atoms with E-state index in [0.717, 1.165) is 26.2 Å². The van der Waals surface area contributed by atoms with Gasteiger partial charge in [0.25, 0.3) is 0 Å². The summed E-state index contributed by atoms with van der Waals surface area (Å²) >= 11 is 6.02. The number of amides is 1. The van der Waals surface area contributed by atoms with E-state index in [0.29, 0.717) is 30.5 Å². The van der Waals surface area contributed by atoms with Crippen molar-refractivity contribution in [2.45, 2.75) is 0 Å². The van der Waals surface area contributed by atoms with Crippen LogP contribution < -0.4 is 10.1 Å². The van der Waals surface area contributed by atoms with Crippen molar-refractivity contribution in [3.8, 4) is 5.75 Å². The Hall–Kier alpha value is -1.01. The fraction of sp³-hybridized carbons (Fsp3) is 0.533. The summed E-state index contributed by atoms with van der Waals surface area (Å²) in [6, 6.07) is 7.40. The van der Waals surface area contributed by atoms with Crippen molar-refractivity contribution in [1.82, 2.24) is 15.1 Å². The zero-order valence-corrected chi connectivity index (χ0v) is 14.3. The van der Waals surface area contributed by atoms with E-state index in [4.69, 9.17) is 16.3 Å². The van der Waals surface area contributed by atoms with Gasteiger partial charge in [0, 0.05) is 32.7 Å². The molecule has 2 rings (SSSR count). The van der Waals surface area contributed by atoms with Crippen LogP contribution in [0.3, 0.4) is 0 Å². The van der Waals surface area contributed by atoms with Crippen molar-refractivity contribution < 1.29 is 9.53 Å². The number of likely N-dealkylation sites (N-methyl/N-ethyl adjacent to an activating group) is 1. The van der Waals surface area contributed by atoms with Crippen LogP contribution in [0.4, 0.5) is 0 Å². The predicted octanol–water partition coefficient (Wildman–Crippen LogP) is 1.50. The van der Waals surface area contributed by atoms with Crippen LogP contribution in [0, 0.1) is 0 Å². The van der Waals surface area contributed by atoms with E-state index >= 15 is 0 Å². The molecule has 1 N–H and O–H groups in total. The number of ether oxygens (including phenoxy) is 1. The molecule has 1 saturated heterocycles. The first-order valence-electron chi connectivity index (χ1n) is 7.21. The third-order valence-corrected chi connectivity index (χ3v) is 3.75. The lowest BCUT2D eigenvalue weighted by molar-refractivity contribution is -0.132. The number of benzene rings is 1. The molecule has 0 aromatic heterocycles. The van der Waals surface area contributed by atoms with Crippen molar-refractivity contribution in [1.29, 1.82) is 0 Å². The van der Waals surface area contributed by atoms with Gasteiger partial charge in [-0.25, -0.2) is 0 Å². The minimum atomic E-state index is 0. The molecule has 5 nitrogen and oxygen atoms in total. The summed E-state index contributed by atoms with van der Waals surface area (Å²) < 4.78 is 5.63. The second kappa shape index (κ2) is 9.90. The van der Waals surface area contributed by atoms with Crippen LogP contribution in [-0.2, 0) is 4.79 Å². The van der Waals surface area contributed by atoms with Crippen molar-refractivity contribution >= 4 is 29.9 Å². The summed E-state index contributed by atoms with van der Waals surface area (Å²) in [4.78, 5) is 16.0. The molecule has 0 spiro atoms. The lowest BCUT2D eigenvalue weighted by Crippen LogP contribution is -2.49. The number of carbonyl (C=O) groups is 1. The summed E-state index contributed by atoms with van der Waals surface area (Å²) in [7, 11) is 1.93. The average molecular weight is 348 g/mol. The average Bonchev–Trinajstić information content (AvgIpc) is 2.50. The Balaban J connectivity index is 0.00000242. The van der Waals surface area contributed by atoms with Gasteiger partial charge in [0.15, 0.2) is 0 Å². The molecule has 1 aliphatic rings. The van der Waals surface area contributed by atoms with Crippen LogP contribution in [0.1, 0.15) is 0 Å². The number of halogens is 2. The Morgan fingerprint density at radius 3 is 2.73 bits per heavy atom. The lowest BCUT2D eigenvalue weighted by atomic mass is 10.3. The van der Waals surface area contributed by atoms with Gasteiger partial charge in [-0.3, -0.25) is 9.69 Å². The Bertz CT molecular complexity index is 468. The Kier molecular flexibility index (Phi) is 8.56. The monoisotopic (exact) mass is 347 g/mol. The fourth-order valence-corrected chi connectivity index (χ4v) is 2.39. The molecule has 0 aliphatic carbocycles. The number of piperazine rings is 1. The highest BCUT2D eigenvalue weighted by molar-refractivity contribution is 6.32. The molecule has 124 valence electrons. The quantitative estimate of drug-likeness (QED) is 0.847. The van der Waals surface area contributed by atoms with Gasteiger partial charge >= 0.3 is 0 Å². The summed E-state index contributed by atoms with van der Waals surface area (Å²) in [5.41, 5.74) is 0. The van der Waals surface area contributed by atoms with Crippen molar-refractivity contribution in [3.05, 3.63) is 29.3 Å². The van der Waals surface area contributed by atoms with E-state index in [9.17, 15) is 4.79 Å². The van der Waals surface area contributed by atoms with Crippen LogP contribution in [0.5, 0.6) is 5.75 Å². The predicted molar refractivity (Wildman–Crippen MR) is 91.1 cm³/mol. The van der Waals surface area contributed by atoms with Crippen molar-refractivity contribution in [2.75, 3.05) is 52.9 Å². The van der Waals surface area contributed by atoms with E-state index < -0.39 is 0 Å². The molecule has 0 radical (unpaired) electrons. The topological polar surface area (TPSA) is 44.8 Å². The van der Waals surface area contributed by atoms with Gasteiger partial charge in [0.1, 0.15) is 12.4 Å². The minimum Gasteiger partial charge on any atom is -0.491 e. The van der Waals surface area contributed by atoms with Gasteiger partial charge < -0.3 is 15.0 Å². The van der Waals surface area contributed by atoms with E-state index in [1.807, 2.05) is 35.0 Å². The fourth-order valence-electron chi connectivity index (χ4n) is 2.20. The molecule has 7 heteroatoms. The third-order valence-electron chi connectivity index (χ3n) is 3.44. The SMILES string of the molecule is CN(CCOc1ccccc1Cl)CC(=O)N1CCNCC1.Cl. The molecule has 1 amide bonds. The highest BCUT2D eigenvalue weighted by atomic mass is 35.5. The van der Waals surface area contributed by atoms with Gasteiger partial charge in [0.05, 0.1) is 11.6 Å². The number of nitrogens with one attached hydrogen (secondary N) is 1. The Morgan fingerprint density at radius 1 is 1.36 bits per heavy atom. The summed E-state index contributed by atoms with van der Waals surface area (Å²) in [6.07, 6.45) is 0. The second-order valence-electron chi connectivity index (χ2n) is 5.15. The highest BCUT2D eigenvalue weighted by Gasteiger charge is 2.17. The molecule has 1 aliphatic heterocycles. The summed E-state index contributed by atoms with van der Waals surface area (Å²) in [5.74, 6) is 0.859. The van der Waals surface area contributed by atoms with Gasteiger partial charge in [0.2, 0.25) is 5.91 Å². The normalized spacial score (nSPS) is 14.6.